The van der Waals surface area contributed by atoms with Crippen LogP contribution in [0.25, 0.3) is 10.8 Å². The summed E-state index contributed by atoms with van der Waals surface area (Å²) in [7, 11) is 0. The maximum absolute atomic E-state index is 12.4. The largest absolute Gasteiger partial charge is 0.491 e. The third-order valence-electron chi connectivity index (χ3n) is 5.72. The number of hydrogen-bond donors (Lipinski definition) is 1. The summed E-state index contributed by atoms with van der Waals surface area (Å²) >= 11 is 0. The van der Waals surface area contributed by atoms with Gasteiger partial charge in [0.15, 0.2) is 0 Å². The minimum Gasteiger partial charge on any atom is -0.491 e. The average molecular weight is 403 g/mol. The van der Waals surface area contributed by atoms with E-state index < -0.39 is 0 Å². The highest BCUT2D eigenvalue weighted by Gasteiger charge is 2.10. The first-order valence-corrected chi connectivity index (χ1v) is 11.0. The zero-order chi connectivity index (χ0) is 20.6. The number of nitrogens with zero attached hydrogens (tertiary/aromatic N) is 1. The molecule has 156 valence electrons. The molecule has 0 atom stereocenters. The number of fused-ring (bicyclic) bond motifs is 1. The fourth-order valence-corrected chi connectivity index (χ4v) is 4.06. The van der Waals surface area contributed by atoms with Gasteiger partial charge in [-0.15, -0.1) is 0 Å². The highest BCUT2D eigenvalue weighted by Crippen LogP contribution is 2.24. The molecule has 0 unspecified atom stereocenters. The van der Waals surface area contributed by atoms with E-state index in [0.29, 0.717) is 18.7 Å². The first-order chi connectivity index (χ1) is 14.8. The van der Waals surface area contributed by atoms with Gasteiger partial charge in [0.1, 0.15) is 12.4 Å². The molecule has 3 aromatic carbocycles. The lowest BCUT2D eigenvalue weighted by molar-refractivity contribution is 0.0947. The lowest BCUT2D eigenvalue weighted by Gasteiger charge is -2.19. The van der Waals surface area contributed by atoms with E-state index in [1.54, 1.807) is 0 Å². The number of benzene rings is 3. The van der Waals surface area contributed by atoms with Crippen LogP contribution in [0.2, 0.25) is 0 Å². The molecular formula is C26H30N2O2. The smallest absolute Gasteiger partial charge is 0.251 e. The van der Waals surface area contributed by atoms with Crippen LogP contribution in [-0.2, 0) is 6.54 Å². The van der Waals surface area contributed by atoms with Crippen molar-refractivity contribution in [1.29, 1.82) is 0 Å². The molecule has 0 aromatic heterocycles. The van der Waals surface area contributed by atoms with Crippen LogP contribution in [0.1, 0.15) is 41.6 Å². The number of nitrogens with one attached hydrogen (secondary N) is 1. The van der Waals surface area contributed by atoms with E-state index in [1.165, 1.54) is 44.3 Å². The second kappa shape index (κ2) is 10.3. The standard InChI is InChI=1S/C26H30N2O2/c29-26(23-14-12-21(13-15-23)20-28-17-5-1-2-6-18-28)27-16-19-30-25-11-7-9-22-8-3-4-10-24(22)25/h3-4,7-15H,1-2,5-6,16-20H2,(H,27,29). The van der Waals surface area contributed by atoms with Crippen LogP contribution >= 0.6 is 0 Å². The fraction of sp³-hybridized carbons (Fsp3) is 0.346. The average Bonchev–Trinajstić information content (AvgIpc) is 3.06. The summed E-state index contributed by atoms with van der Waals surface area (Å²) in [4.78, 5) is 15.0. The van der Waals surface area contributed by atoms with E-state index in [1.807, 2.05) is 36.4 Å². The van der Waals surface area contributed by atoms with E-state index >= 15 is 0 Å². The lowest BCUT2D eigenvalue weighted by Crippen LogP contribution is -2.28. The molecule has 0 bridgehead atoms. The molecule has 0 saturated carbocycles. The SMILES string of the molecule is O=C(NCCOc1cccc2ccccc12)c1ccc(CN2CCCCCC2)cc1. The van der Waals surface area contributed by atoms with Crippen LogP contribution in [0.5, 0.6) is 5.75 Å². The van der Waals surface area contributed by atoms with E-state index in [9.17, 15) is 4.79 Å². The molecule has 4 heteroatoms. The molecule has 0 spiro atoms. The summed E-state index contributed by atoms with van der Waals surface area (Å²) in [6.45, 7) is 4.24. The van der Waals surface area contributed by atoms with Crippen molar-refractivity contribution in [1.82, 2.24) is 10.2 Å². The van der Waals surface area contributed by atoms with Gasteiger partial charge < -0.3 is 10.1 Å². The van der Waals surface area contributed by atoms with Gasteiger partial charge in [-0.2, -0.15) is 0 Å². The molecule has 4 nitrogen and oxygen atoms in total. The highest BCUT2D eigenvalue weighted by atomic mass is 16.5. The van der Waals surface area contributed by atoms with Gasteiger partial charge >= 0.3 is 0 Å². The fourth-order valence-electron chi connectivity index (χ4n) is 4.06. The maximum atomic E-state index is 12.4. The molecule has 1 saturated heterocycles. The summed E-state index contributed by atoms with van der Waals surface area (Å²) in [5.41, 5.74) is 1.97. The number of carbonyl (C=O) groups is 1. The molecule has 1 aliphatic heterocycles. The molecule has 1 heterocycles. The molecular weight excluding hydrogens is 372 g/mol. The second-order valence-electron chi connectivity index (χ2n) is 7.97. The van der Waals surface area contributed by atoms with E-state index in [-0.39, 0.29) is 5.91 Å². The molecule has 1 aliphatic rings. The Morgan fingerprint density at radius 3 is 2.40 bits per heavy atom. The van der Waals surface area contributed by atoms with Crippen LogP contribution in [0, 0.1) is 0 Å². The first kappa shape index (κ1) is 20.4. The molecule has 0 radical (unpaired) electrons. The van der Waals surface area contributed by atoms with Crippen LogP contribution < -0.4 is 10.1 Å². The van der Waals surface area contributed by atoms with Crippen molar-refractivity contribution in [3.63, 3.8) is 0 Å². The third-order valence-corrected chi connectivity index (χ3v) is 5.72. The number of likely N-dealkylation sites (tertiary alicyclic amines) is 1. The molecule has 1 amide bonds. The van der Waals surface area contributed by atoms with Crippen LogP contribution in [0.4, 0.5) is 0 Å². The number of rotatable bonds is 7. The summed E-state index contributed by atoms with van der Waals surface area (Å²) in [5, 5.41) is 5.19. The Bertz CT molecular complexity index is 955. The van der Waals surface area contributed by atoms with E-state index in [2.05, 4.69) is 40.5 Å². The normalized spacial score (nSPS) is 14.9. The number of amides is 1. The second-order valence-corrected chi connectivity index (χ2v) is 7.97. The van der Waals surface area contributed by atoms with Crippen LogP contribution in [0.15, 0.2) is 66.7 Å². The molecule has 30 heavy (non-hydrogen) atoms. The quantitative estimate of drug-likeness (QED) is 0.564. The van der Waals surface area contributed by atoms with Gasteiger partial charge in [0.2, 0.25) is 0 Å². The summed E-state index contributed by atoms with van der Waals surface area (Å²) in [6, 6.07) is 22.2. The van der Waals surface area contributed by atoms with Gasteiger partial charge in [0.25, 0.3) is 5.91 Å². The molecule has 1 N–H and O–H groups in total. The Balaban J connectivity index is 1.24. The summed E-state index contributed by atoms with van der Waals surface area (Å²) in [5.74, 6) is 0.790. The number of hydrogen-bond acceptors (Lipinski definition) is 3. The van der Waals surface area contributed by atoms with Gasteiger partial charge in [-0.1, -0.05) is 61.4 Å². The predicted molar refractivity (Wildman–Crippen MR) is 122 cm³/mol. The summed E-state index contributed by atoms with van der Waals surface area (Å²) < 4.78 is 5.90. The van der Waals surface area contributed by atoms with E-state index in [0.717, 1.165) is 23.1 Å². The highest BCUT2D eigenvalue weighted by molar-refractivity contribution is 5.94. The third kappa shape index (κ3) is 5.39. The van der Waals surface area contributed by atoms with Crippen molar-refractivity contribution in [2.24, 2.45) is 0 Å². The topological polar surface area (TPSA) is 41.6 Å². The van der Waals surface area contributed by atoms with Crippen LogP contribution in [-0.4, -0.2) is 37.0 Å². The van der Waals surface area contributed by atoms with Crippen molar-refractivity contribution < 1.29 is 9.53 Å². The van der Waals surface area contributed by atoms with Crippen LogP contribution in [0.3, 0.4) is 0 Å². The molecule has 0 aliphatic carbocycles. The van der Waals surface area contributed by atoms with Gasteiger partial charge in [-0.25, -0.2) is 0 Å². The van der Waals surface area contributed by atoms with Gasteiger partial charge in [0.05, 0.1) is 6.54 Å². The van der Waals surface area contributed by atoms with Crippen molar-refractivity contribution >= 4 is 16.7 Å². The van der Waals surface area contributed by atoms with Crippen molar-refractivity contribution in [3.05, 3.63) is 77.9 Å². The van der Waals surface area contributed by atoms with Gasteiger partial charge in [-0.3, -0.25) is 9.69 Å². The Labute approximate surface area is 178 Å². The monoisotopic (exact) mass is 402 g/mol. The number of carbonyl (C=O) groups excluding carboxylic acids is 1. The zero-order valence-electron chi connectivity index (χ0n) is 17.5. The Morgan fingerprint density at radius 1 is 0.867 bits per heavy atom. The zero-order valence-corrected chi connectivity index (χ0v) is 17.5. The molecule has 3 aromatic rings. The predicted octanol–water partition coefficient (Wildman–Crippen LogP) is 5.02. The summed E-state index contributed by atoms with van der Waals surface area (Å²) in [6.07, 6.45) is 5.28. The first-order valence-electron chi connectivity index (χ1n) is 11.0. The van der Waals surface area contributed by atoms with Crippen molar-refractivity contribution in [2.75, 3.05) is 26.2 Å². The minimum absolute atomic E-state index is 0.0576. The van der Waals surface area contributed by atoms with Crippen molar-refractivity contribution in [3.8, 4) is 5.75 Å². The van der Waals surface area contributed by atoms with Gasteiger partial charge in [0, 0.05) is 17.5 Å². The minimum atomic E-state index is -0.0576. The lowest BCUT2D eigenvalue weighted by atomic mass is 10.1. The molecule has 1 fully saturated rings. The van der Waals surface area contributed by atoms with Gasteiger partial charge in [-0.05, 0) is 55.1 Å². The van der Waals surface area contributed by atoms with Crippen molar-refractivity contribution in [2.45, 2.75) is 32.2 Å². The Kier molecular flexibility index (Phi) is 6.99. The molecule has 4 rings (SSSR count). The Hall–Kier alpha value is -2.85. The Morgan fingerprint density at radius 2 is 1.60 bits per heavy atom. The van der Waals surface area contributed by atoms with E-state index in [4.69, 9.17) is 4.74 Å². The number of ether oxygens (including phenoxy) is 1. The maximum Gasteiger partial charge on any atom is 0.251 e.